The number of halogens is 1. The van der Waals surface area contributed by atoms with Crippen LogP contribution >= 0.6 is 46.0 Å². The molecule has 15 heteroatoms. The van der Waals surface area contributed by atoms with Crippen molar-refractivity contribution in [1.29, 1.82) is 0 Å². The van der Waals surface area contributed by atoms with Crippen molar-refractivity contribution in [3.8, 4) is 0 Å². The first-order valence-electron chi connectivity index (χ1n) is 14.3. The van der Waals surface area contributed by atoms with E-state index < -0.39 is 0 Å². The molecule has 3 aromatic carbocycles. The van der Waals surface area contributed by atoms with Crippen molar-refractivity contribution in [2.75, 3.05) is 11.5 Å². The van der Waals surface area contributed by atoms with Crippen molar-refractivity contribution in [3.63, 3.8) is 0 Å². The lowest BCUT2D eigenvalue weighted by Gasteiger charge is -2.11. The molecule has 0 bridgehead atoms. The molecule has 6 aromatic rings. The monoisotopic (exact) mass is 718 g/mol. The fraction of sp³-hybridized carbons (Fsp3) is 0.121. The number of rotatable bonds is 7. The van der Waals surface area contributed by atoms with Crippen LogP contribution in [0.2, 0.25) is 5.15 Å². The van der Waals surface area contributed by atoms with Crippen LogP contribution in [0.25, 0.3) is 10.3 Å². The number of fused-ring (bicyclic) bond motifs is 1. The third kappa shape index (κ3) is 8.72. The fourth-order valence-corrected chi connectivity index (χ4v) is 7.03. The van der Waals surface area contributed by atoms with Crippen LogP contribution in [0.5, 0.6) is 0 Å². The molecule has 3 aromatic heterocycles. The van der Waals surface area contributed by atoms with Crippen LogP contribution in [-0.2, 0) is 24.4 Å². The van der Waals surface area contributed by atoms with Crippen molar-refractivity contribution in [2.24, 2.45) is 0 Å². The number of thioether (sulfide) groups is 1. The third-order valence-electron chi connectivity index (χ3n) is 6.78. The molecule has 244 valence electrons. The topological polar surface area (TPSA) is 150 Å². The molecule has 1 aliphatic rings. The van der Waals surface area contributed by atoms with E-state index in [9.17, 15) is 24.0 Å². The number of aldehydes is 1. The fourth-order valence-electron chi connectivity index (χ4n) is 4.46. The van der Waals surface area contributed by atoms with E-state index in [1.807, 2.05) is 91.0 Å². The van der Waals surface area contributed by atoms with Crippen LogP contribution in [0.1, 0.15) is 26.4 Å². The molecule has 0 radical (unpaired) electrons. The van der Waals surface area contributed by atoms with Gasteiger partial charge in [0.25, 0.3) is 5.24 Å². The maximum absolute atomic E-state index is 11.9. The summed E-state index contributed by atoms with van der Waals surface area (Å²) in [6.07, 6.45) is 2.20. The van der Waals surface area contributed by atoms with E-state index in [0.717, 1.165) is 55.8 Å². The number of benzene rings is 3. The summed E-state index contributed by atoms with van der Waals surface area (Å²) >= 11 is 8.99. The van der Waals surface area contributed by atoms with Crippen molar-refractivity contribution in [1.82, 2.24) is 24.0 Å². The average molecular weight is 719 g/mol. The predicted octanol–water partition coefficient (Wildman–Crippen LogP) is 5.79. The Bertz CT molecular complexity index is 2140. The van der Waals surface area contributed by atoms with Gasteiger partial charge in [-0.1, -0.05) is 137 Å². The molecule has 0 unspecified atom stereocenters. The Morgan fingerprint density at radius 1 is 0.750 bits per heavy atom. The maximum atomic E-state index is 11.9. The molecule has 1 saturated heterocycles. The molecule has 2 amide bonds. The Balaban J connectivity index is 0.000000142. The summed E-state index contributed by atoms with van der Waals surface area (Å²) in [6, 6.07) is 28.8. The summed E-state index contributed by atoms with van der Waals surface area (Å²) in [5, 5.41) is 0.0766. The van der Waals surface area contributed by atoms with Crippen LogP contribution in [0.4, 0.5) is 10.7 Å². The number of hydrogen-bond donors (Lipinski definition) is 1. The van der Waals surface area contributed by atoms with Gasteiger partial charge < -0.3 is 5.73 Å². The summed E-state index contributed by atoms with van der Waals surface area (Å²) in [5.74, 6) is 0.372. The van der Waals surface area contributed by atoms with E-state index in [4.69, 9.17) is 17.3 Å². The molecular weight excluding hydrogens is 692 g/mol. The SMILES string of the molecule is Nc1ncc2sc(=O)n(Cc3ccccc3)c2n1.O=C1CSC(=O)N1Cc1ccccc1.O=Cc1sc(=O)n(Cc2ccccc2)c1Cl. The Morgan fingerprint density at radius 2 is 1.27 bits per heavy atom. The smallest absolute Gasteiger partial charge is 0.309 e. The van der Waals surface area contributed by atoms with Gasteiger partial charge in [0.1, 0.15) is 10.0 Å². The second-order valence-corrected chi connectivity index (χ2v) is 13.4. The van der Waals surface area contributed by atoms with Gasteiger partial charge in [-0.3, -0.25) is 38.0 Å². The Kier molecular flexibility index (Phi) is 11.7. The van der Waals surface area contributed by atoms with Gasteiger partial charge in [-0.05, 0) is 16.7 Å². The minimum atomic E-state index is -0.212. The Morgan fingerprint density at radius 3 is 1.77 bits per heavy atom. The summed E-state index contributed by atoms with van der Waals surface area (Å²) in [5.41, 5.74) is 9.17. The number of carbonyl (C=O) groups excluding carboxylic acids is 3. The molecule has 7 rings (SSSR count). The zero-order valence-corrected chi connectivity index (χ0v) is 28.3. The molecule has 4 heterocycles. The molecular formula is C33H27ClN6O5S3. The molecule has 11 nitrogen and oxygen atoms in total. The quantitative estimate of drug-likeness (QED) is 0.202. The van der Waals surface area contributed by atoms with Gasteiger partial charge in [0.15, 0.2) is 11.9 Å². The lowest BCUT2D eigenvalue weighted by atomic mass is 10.2. The van der Waals surface area contributed by atoms with Crippen LogP contribution in [0.15, 0.2) is 107 Å². The molecule has 1 fully saturated rings. The van der Waals surface area contributed by atoms with Crippen LogP contribution in [0.3, 0.4) is 0 Å². The van der Waals surface area contributed by atoms with Gasteiger partial charge in [-0.15, -0.1) is 0 Å². The van der Waals surface area contributed by atoms with Gasteiger partial charge in [0.05, 0.1) is 36.3 Å². The first-order valence-corrected chi connectivity index (χ1v) is 17.3. The van der Waals surface area contributed by atoms with E-state index in [0.29, 0.717) is 31.6 Å². The number of nitrogens with two attached hydrogens (primary N) is 1. The highest BCUT2D eigenvalue weighted by Crippen LogP contribution is 2.21. The average Bonchev–Trinajstić information content (AvgIpc) is 3.69. The number of anilines is 1. The van der Waals surface area contributed by atoms with Crippen molar-refractivity contribution < 1.29 is 14.4 Å². The maximum Gasteiger partial charge on any atom is 0.309 e. The highest BCUT2D eigenvalue weighted by molar-refractivity contribution is 8.14. The molecule has 0 aliphatic carbocycles. The van der Waals surface area contributed by atoms with Gasteiger partial charge >= 0.3 is 9.75 Å². The molecule has 1 aliphatic heterocycles. The van der Waals surface area contributed by atoms with Gasteiger partial charge in [0.2, 0.25) is 11.9 Å². The first kappa shape index (κ1) is 34.4. The standard InChI is InChI=1S/C12H10N4OS.C11H8ClNO2S.C10H9NO2S/c13-11-14-6-9-10(15-11)16(12(17)18-9)7-8-4-2-1-3-5-8;12-10-9(7-14)16-11(15)13(10)6-8-4-2-1-3-5-8;12-9-7-14-10(13)11(9)6-8-4-2-1-3-5-8/h1-6H,7H2,(H2,13,14,15);1-5,7H,6H2;1-5H,6-7H2. The number of imide groups is 1. The van der Waals surface area contributed by atoms with Crippen molar-refractivity contribution in [3.05, 3.63) is 143 Å². The highest BCUT2D eigenvalue weighted by atomic mass is 35.5. The van der Waals surface area contributed by atoms with Gasteiger partial charge in [-0.25, -0.2) is 4.98 Å². The summed E-state index contributed by atoms with van der Waals surface area (Å²) in [4.78, 5) is 66.0. The molecule has 2 N–H and O–H groups in total. The first-order chi connectivity index (χ1) is 23.2. The number of hydrogen-bond acceptors (Lipinski definition) is 11. The number of aromatic nitrogens is 4. The Hall–Kier alpha value is -4.89. The van der Waals surface area contributed by atoms with Crippen LogP contribution in [0, 0.1) is 0 Å². The second kappa shape index (κ2) is 16.3. The van der Waals surface area contributed by atoms with Crippen LogP contribution < -0.4 is 15.5 Å². The number of thiazole rings is 2. The minimum Gasteiger partial charge on any atom is -0.368 e. The normalized spacial score (nSPS) is 12.3. The Labute approximate surface area is 291 Å². The van der Waals surface area contributed by atoms with Gasteiger partial charge in [0, 0.05) is 0 Å². The summed E-state index contributed by atoms with van der Waals surface area (Å²) in [7, 11) is 0. The zero-order valence-electron chi connectivity index (χ0n) is 25.1. The van der Waals surface area contributed by atoms with Crippen LogP contribution in [-0.4, -0.2) is 47.2 Å². The number of amides is 2. The molecule has 0 spiro atoms. The van der Waals surface area contributed by atoms with Gasteiger partial charge in [-0.2, -0.15) is 4.98 Å². The summed E-state index contributed by atoms with van der Waals surface area (Å²) < 4.78 is 3.77. The van der Waals surface area contributed by atoms with Crippen molar-refractivity contribution >= 4 is 79.8 Å². The zero-order chi connectivity index (χ0) is 34.0. The van der Waals surface area contributed by atoms with E-state index in [-0.39, 0.29) is 42.6 Å². The largest absolute Gasteiger partial charge is 0.368 e. The minimum absolute atomic E-state index is 0.0475. The lowest BCUT2D eigenvalue weighted by Crippen LogP contribution is -2.27. The lowest BCUT2D eigenvalue weighted by molar-refractivity contribution is -0.125. The van der Waals surface area contributed by atoms with Crippen molar-refractivity contribution in [2.45, 2.75) is 19.6 Å². The molecule has 0 saturated carbocycles. The molecule has 48 heavy (non-hydrogen) atoms. The number of carbonyl (C=O) groups is 3. The molecule has 0 atom stereocenters. The number of nitrogen functional groups attached to an aromatic ring is 1. The number of nitrogens with zero attached hydrogens (tertiary/aromatic N) is 5. The summed E-state index contributed by atoms with van der Waals surface area (Å²) in [6.45, 7) is 1.28. The third-order valence-corrected chi connectivity index (χ3v) is 9.97. The van der Waals surface area contributed by atoms with E-state index in [1.165, 1.54) is 9.47 Å². The van der Waals surface area contributed by atoms with E-state index in [2.05, 4.69) is 9.97 Å². The predicted molar refractivity (Wildman–Crippen MR) is 191 cm³/mol. The highest BCUT2D eigenvalue weighted by Gasteiger charge is 2.29. The second-order valence-electron chi connectivity index (χ2n) is 10.1. The van der Waals surface area contributed by atoms with E-state index in [1.54, 1.807) is 10.8 Å². The van der Waals surface area contributed by atoms with E-state index >= 15 is 0 Å².